The lowest BCUT2D eigenvalue weighted by molar-refractivity contribution is -0.144. The van der Waals surface area contributed by atoms with E-state index in [1.165, 1.54) is 0 Å². The zero-order valence-electron chi connectivity index (χ0n) is 21.5. The number of nitrogens with two attached hydrogens (primary N) is 2. The first-order chi connectivity index (χ1) is 17.8. The maximum Gasteiger partial charge on any atom is 0.326 e. The number of carboxylic acids is 2. The number of amides is 4. The Morgan fingerprint density at radius 1 is 0.842 bits per heavy atom. The molecule has 1 rings (SSSR count). The van der Waals surface area contributed by atoms with Crippen LogP contribution >= 0.6 is 0 Å². The number of hydrogen-bond donors (Lipinski definition) is 7. The number of nitrogens with one attached hydrogen (secondary N) is 3. The van der Waals surface area contributed by atoms with E-state index in [9.17, 15) is 33.9 Å². The summed E-state index contributed by atoms with van der Waals surface area (Å²) in [5.74, 6) is -6.14. The van der Waals surface area contributed by atoms with E-state index >= 15 is 0 Å². The van der Waals surface area contributed by atoms with Gasteiger partial charge in [-0.05, 0) is 30.7 Å². The molecular formula is C25H37N5O8. The Bertz CT molecular complexity index is 987. The predicted molar refractivity (Wildman–Crippen MR) is 136 cm³/mol. The second-order valence-corrected chi connectivity index (χ2v) is 9.07. The maximum absolute atomic E-state index is 13.1. The SMILES string of the molecule is CCC(C)C(NC(=O)C(CCC(N)=O)NC(=O)C(CCC(=O)O)NC(=O)C(N)Cc1ccccc1)C(=O)O. The summed E-state index contributed by atoms with van der Waals surface area (Å²) >= 11 is 0. The number of rotatable bonds is 17. The number of carbonyl (C=O) groups is 6. The molecule has 0 aliphatic carbocycles. The molecule has 1 aromatic carbocycles. The van der Waals surface area contributed by atoms with Crippen molar-refractivity contribution in [1.29, 1.82) is 0 Å². The molecule has 0 aliphatic heterocycles. The molecule has 38 heavy (non-hydrogen) atoms. The van der Waals surface area contributed by atoms with E-state index in [4.69, 9.17) is 16.6 Å². The van der Waals surface area contributed by atoms with Crippen LogP contribution in [0, 0.1) is 5.92 Å². The molecule has 0 heterocycles. The minimum Gasteiger partial charge on any atom is -0.481 e. The van der Waals surface area contributed by atoms with E-state index in [1.807, 2.05) is 0 Å². The molecule has 1 aromatic rings. The molecule has 0 aliphatic rings. The van der Waals surface area contributed by atoms with E-state index in [2.05, 4.69) is 16.0 Å². The van der Waals surface area contributed by atoms with Gasteiger partial charge in [0.2, 0.25) is 23.6 Å². The van der Waals surface area contributed by atoms with Crippen LogP contribution in [-0.4, -0.2) is 69.9 Å². The van der Waals surface area contributed by atoms with Crippen LogP contribution in [-0.2, 0) is 35.2 Å². The summed E-state index contributed by atoms with van der Waals surface area (Å²) in [6.45, 7) is 3.38. The van der Waals surface area contributed by atoms with Crippen molar-refractivity contribution >= 4 is 35.6 Å². The van der Waals surface area contributed by atoms with E-state index in [0.29, 0.717) is 6.42 Å². The summed E-state index contributed by atoms with van der Waals surface area (Å²) in [5, 5.41) is 25.8. The number of benzene rings is 1. The van der Waals surface area contributed by atoms with Gasteiger partial charge in [0.15, 0.2) is 0 Å². The number of carboxylic acid groups (broad SMARTS) is 2. The zero-order valence-corrected chi connectivity index (χ0v) is 21.5. The second-order valence-electron chi connectivity index (χ2n) is 9.07. The summed E-state index contributed by atoms with van der Waals surface area (Å²) < 4.78 is 0. The van der Waals surface area contributed by atoms with Crippen LogP contribution in [0.1, 0.15) is 51.5 Å². The third-order valence-corrected chi connectivity index (χ3v) is 6.00. The smallest absolute Gasteiger partial charge is 0.326 e. The number of aliphatic carboxylic acids is 2. The highest BCUT2D eigenvalue weighted by Crippen LogP contribution is 2.10. The first-order valence-electron chi connectivity index (χ1n) is 12.3. The zero-order chi connectivity index (χ0) is 28.8. The molecule has 0 aromatic heterocycles. The lowest BCUT2D eigenvalue weighted by atomic mass is 9.98. The Hall–Kier alpha value is -4.00. The quantitative estimate of drug-likeness (QED) is 0.133. The number of primary amides is 1. The van der Waals surface area contributed by atoms with Gasteiger partial charge in [0.1, 0.15) is 18.1 Å². The van der Waals surface area contributed by atoms with Crippen molar-refractivity contribution in [2.45, 2.75) is 76.5 Å². The van der Waals surface area contributed by atoms with Crippen LogP contribution in [0.5, 0.6) is 0 Å². The molecular weight excluding hydrogens is 498 g/mol. The summed E-state index contributed by atoms with van der Waals surface area (Å²) in [7, 11) is 0. The Morgan fingerprint density at radius 3 is 1.87 bits per heavy atom. The van der Waals surface area contributed by atoms with Crippen LogP contribution in [0.15, 0.2) is 30.3 Å². The predicted octanol–water partition coefficient (Wildman–Crippen LogP) is -0.728. The molecule has 0 saturated carbocycles. The van der Waals surface area contributed by atoms with E-state index in [0.717, 1.165) is 5.56 Å². The minimum atomic E-state index is -1.37. The number of carbonyl (C=O) groups excluding carboxylic acids is 4. The third-order valence-electron chi connectivity index (χ3n) is 6.00. The van der Waals surface area contributed by atoms with Crippen LogP contribution in [0.4, 0.5) is 0 Å². The fourth-order valence-corrected chi connectivity index (χ4v) is 3.54. The van der Waals surface area contributed by atoms with Gasteiger partial charge in [0.25, 0.3) is 0 Å². The Balaban J connectivity index is 3.05. The summed E-state index contributed by atoms with van der Waals surface area (Å²) in [6, 6.07) is 3.86. The standard InChI is InChI=1S/C25H37N5O8/c1-3-14(2)21(25(37)38)30-24(36)17(9-11-19(27)31)29-23(35)18(10-12-20(32)33)28-22(34)16(26)13-15-7-5-4-6-8-15/h4-8,14,16-18,21H,3,9-13,26H2,1-2H3,(H2,27,31)(H,28,34)(H,29,35)(H,30,36)(H,32,33)(H,37,38). The van der Waals surface area contributed by atoms with Crippen LogP contribution in [0.25, 0.3) is 0 Å². The lowest BCUT2D eigenvalue weighted by Crippen LogP contribution is -2.58. The lowest BCUT2D eigenvalue weighted by Gasteiger charge is -2.26. The molecule has 5 unspecified atom stereocenters. The molecule has 0 bridgehead atoms. The van der Waals surface area contributed by atoms with E-state index < -0.39 is 72.1 Å². The first-order valence-corrected chi connectivity index (χ1v) is 12.3. The average molecular weight is 536 g/mol. The largest absolute Gasteiger partial charge is 0.481 e. The van der Waals surface area contributed by atoms with Gasteiger partial charge in [-0.3, -0.25) is 24.0 Å². The summed E-state index contributed by atoms with van der Waals surface area (Å²) in [6.07, 6.45) is -0.711. The minimum absolute atomic E-state index is 0.162. The van der Waals surface area contributed by atoms with Crippen molar-refractivity contribution in [1.82, 2.24) is 16.0 Å². The Kier molecular flexibility index (Phi) is 13.5. The van der Waals surface area contributed by atoms with Gasteiger partial charge < -0.3 is 37.6 Å². The molecule has 0 saturated heterocycles. The van der Waals surface area contributed by atoms with Gasteiger partial charge in [-0.25, -0.2) is 4.79 Å². The maximum atomic E-state index is 13.1. The van der Waals surface area contributed by atoms with Gasteiger partial charge in [-0.15, -0.1) is 0 Å². The Labute approximate surface area is 220 Å². The normalized spacial score (nSPS) is 14.7. The molecule has 4 amide bonds. The topological polar surface area (TPSA) is 231 Å². The molecule has 210 valence electrons. The highest BCUT2D eigenvalue weighted by Gasteiger charge is 2.32. The van der Waals surface area contributed by atoms with Crippen LogP contribution in [0.2, 0.25) is 0 Å². The van der Waals surface area contributed by atoms with Crippen molar-refractivity contribution < 1.29 is 39.0 Å². The van der Waals surface area contributed by atoms with Crippen LogP contribution < -0.4 is 27.4 Å². The highest BCUT2D eigenvalue weighted by atomic mass is 16.4. The highest BCUT2D eigenvalue weighted by molar-refractivity contribution is 5.94. The van der Waals surface area contributed by atoms with Gasteiger partial charge in [0.05, 0.1) is 6.04 Å². The van der Waals surface area contributed by atoms with Gasteiger partial charge in [-0.1, -0.05) is 50.6 Å². The number of hydrogen-bond acceptors (Lipinski definition) is 7. The van der Waals surface area contributed by atoms with Crippen molar-refractivity contribution in [3.8, 4) is 0 Å². The van der Waals surface area contributed by atoms with E-state index in [-0.39, 0.29) is 25.7 Å². The summed E-state index contributed by atoms with van der Waals surface area (Å²) in [5.41, 5.74) is 11.9. The van der Waals surface area contributed by atoms with Gasteiger partial charge in [-0.2, -0.15) is 0 Å². The molecule has 0 spiro atoms. The fourth-order valence-electron chi connectivity index (χ4n) is 3.54. The molecule has 13 heteroatoms. The molecule has 5 atom stereocenters. The Morgan fingerprint density at radius 2 is 1.37 bits per heavy atom. The fraction of sp³-hybridized carbons (Fsp3) is 0.520. The van der Waals surface area contributed by atoms with Crippen molar-refractivity contribution in [2.75, 3.05) is 0 Å². The van der Waals surface area contributed by atoms with Crippen molar-refractivity contribution in [2.24, 2.45) is 17.4 Å². The molecule has 13 nitrogen and oxygen atoms in total. The van der Waals surface area contributed by atoms with Crippen LogP contribution in [0.3, 0.4) is 0 Å². The van der Waals surface area contributed by atoms with E-state index in [1.54, 1.807) is 44.2 Å². The van der Waals surface area contributed by atoms with Gasteiger partial charge in [0, 0.05) is 12.8 Å². The summed E-state index contributed by atoms with van der Waals surface area (Å²) in [4.78, 5) is 72.8. The molecule has 0 fully saturated rings. The molecule has 0 radical (unpaired) electrons. The van der Waals surface area contributed by atoms with Crippen molar-refractivity contribution in [3.63, 3.8) is 0 Å². The second kappa shape index (κ2) is 16.0. The van der Waals surface area contributed by atoms with Gasteiger partial charge >= 0.3 is 11.9 Å². The molecule has 9 N–H and O–H groups in total. The monoisotopic (exact) mass is 535 g/mol. The third kappa shape index (κ3) is 11.4. The first kappa shape index (κ1) is 32.0. The average Bonchev–Trinajstić information content (AvgIpc) is 2.86. The van der Waals surface area contributed by atoms with Crippen molar-refractivity contribution in [3.05, 3.63) is 35.9 Å².